The highest BCUT2D eigenvalue weighted by Gasteiger charge is 2.52. The number of hydrogen-bond donors (Lipinski definition) is 0. The summed E-state index contributed by atoms with van der Waals surface area (Å²) in [5.41, 5.74) is 3.63. The Labute approximate surface area is 120 Å². The fourth-order valence-corrected chi connectivity index (χ4v) is 5.34. The van der Waals surface area contributed by atoms with E-state index in [-0.39, 0.29) is 0 Å². The summed E-state index contributed by atoms with van der Waals surface area (Å²) in [5, 5.41) is 0.926. The molecule has 1 heterocycles. The number of halogens is 1. The molecule has 1 aromatic carbocycles. The quantitative estimate of drug-likeness (QED) is 0.691. The summed E-state index contributed by atoms with van der Waals surface area (Å²) in [7, 11) is 2.32. The summed E-state index contributed by atoms with van der Waals surface area (Å²) in [5.74, 6) is 0.867. The number of likely N-dealkylation sites (N-methyl/N-ethyl adjacent to an activating group) is 1. The lowest BCUT2D eigenvalue weighted by Gasteiger charge is -2.58. The number of likely N-dealkylation sites (tertiary alicyclic amines) is 1. The molecule has 19 heavy (non-hydrogen) atoms. The maximum absolute atomic E-state index is 6.30. The molecule has 1 nitrogen and oxygen atoms in total. The van der Waals surface area contributed by atoms with Crippen LogP contribution in [-0.2, 0) is 11.8 Å². The first-order chi connectivity index (χ1) is 9.21. The minimum absolute atomic E-state index is 0.452. The lowest BCUT2D eigenvalue weighted by molar-refractivity contribution is 0.00287. The van der Waals surface area contributed by atoms with Gasteiger partial charge in [0.1, 0.15) is 0 Å². The maximum Gasteiger partial charge on any atom is 0.0409 e. The van der Waals surface area contributed by atoms with E-state index in [1.807, 2.05) is 0 Å². The minimum Gasteiger partial charge on any atom is -0.303 e. The topological polar surface area (TPSA) is 3.24 Å². The second-order valence-corrected chi connectivity index (χ2v) is 7.25. The Morgan fingerprint density at radius 1 is 1.26 bits per heavy atom. The summed E-state index contributed by atoms with van der Waals surface area (Å²) in [6, 6.07) is 7.42. The minimum atomic E-state index is 0.452. The largest absolute Gasteiger partial charge is 0.303 e. The van der Waals surface area contributed by atoms with E-state index in [1.54, 1.807) is 11.1 Å². The molecular weight excluding hydrogens is 254 g/mol. The third kappa shape index (κ3) is 1.64. The Morgan fingerprint density at radius 2 is 2.16 bits per heavy atom. The SMILES string of the molecule is CN1CC[C@@]23CCCC[C@H]2[C@@H]1Cc1ccc(Cl)cc13. The van der Waals surface area contributed by atoms with Gasteiger partial charge in [-0.3, -0.25) is 0 Å². The van der Waals surface area contributed by atoms with E-state index in [4.69, 9.17) is 11.6 Å². The zero-order valence-electron chi connectivity index (χ0n) is 11.7. The third-order valence-corrected chi connectivity index (χ3v) is 6.31. The van der Waals surface area contributed by atoms with E-state index in [2.05, 4.69) is 30.1 Å². The number of hydrogen-bond acceptors (Lipinski definition) is 1. The van der Waals surface area contributed by atoms with Crippen molar-refractivity contribution in [1.82, 2.24) is 4.90 Å². The second-order valence-electron chi connectivity index (χ2n) is 6.81. The van der Waals surface area contributed by atoms with Crippen molar-refractivity contribution in [2.45, 2.75) is 50.0 Å². The number of benzene rings is 1. The van der Waals surface area contributed by atoms with Crippen LogP contribution in [0.5, 0.6) is 0 Å². The van der Waals surface area contributed by atoms with Crippen molar-refractivity contribution in [1.29, 1.82) is 0 Å². The van der Waals surface area contributed by atoms with Crippen LogP contribution in [0.15, 0.2) is 18.2 Å². The lowest BCUT2D eigenvalue weighted by Crippen LogP contribution is -2.59. The predicted octanol–water partition coefficient (Wildman–Crippen LogP) is 4.03. The van der Waals surface area contributed by atoms with Gasteiger partial charge < -0.3 is 4.90 Å². The molecule has 102 valence electrons. The molecule has 2 fully saturated rings. The van der Waals surface area contributed by atoms with Crippen LogP contribution in [0.2, 0.25) is 5.02 Å². The summed E-state index contributed by atoms with van der Waals surface area (Å²) < 4.78 is 0. The first-order valence-electron chi connectivity index (χ1n) is 7.70. The molecule has 1 aromatic rings. The van der Waals surface area contributed by atoms with Gasteiger partial charge >= 0.3 is 0 Å². The molecule has 0 radical (unpaired) electrons. The van der Waals surface area contributed by atoms with Gasteiger partial charge in [0.2, 0.25) is 0 Å². The molecular formula is C17H22ClN. The second kappa shape index (κ2) is 4.23. The number of piperidine rings is 1. The van der Waals surface area contributed by atoms with Crippen molar-refractivity contribution in [3.63, 3.8) is 0 Å². The fourth-order valence-electron chi connectivity index (χ4n) is 5.17. The first-order valence-corrected chi connectivity index (χ1v) is 8.08. The first kappa shape index (κ1) is 12.2. The molecule has 1 saturated carbocycles. The van der Waals surface area contributed by atoms with Crippen molar-refractivity contribution in [2.24, 2.45) is 5.92 Å². The molecule has 0 amide bonds. The monoisotopic (exact) mass is 275 g/mol. The molecule has 2 aliphatic carbocycles. The van der Waals surface area contributed by atoms with Crippen molar-refractivity contribution >= 4 is 11.6 Å². The summed E-state index contributed by atoms with van der Waals surface area (Å²) in [6.07, 6.45) is 8.19. The summed E-state index contributed by atoms with van der Waals surface area (Å²) in [4.78, 5) is 2.62. The molecule has 1 aliphatic heterocycles. The molecule has 0 aromatic heterocycles. The van der Waals surface area contributed by atoms with E-state index in [9.17, 15) is 0 Å². The van der Waals surface area contributed by atoms with E-state index < -0.39 is 0 Å². The van der Waals surface area contributed by atoms with Gasteiger partial charge in [-0.1, -0.05) is 30.5 Å². The Bertz CT molecular complexity index is 512. The van der Waals surface area contributed by atoms with Crippen LogP contribution >= 0.6 is 11.6 Å². The molecule has 3 aliphatic rings. The Morgan fingerprint density at radius 3 is 3.05 bits per heavy atom. The fraction of sp³-hybridized carbons (Fsp3) is 0.647. The van der Waals surface area contributed by atoms with E-state index in [1.165, 1.54) is 45.1 Å². The van der Waals surface area contributed by atoms with E-state index >= 15 is 0 Å². The lowest BCUT2D eigenvalue weighted by atomic mass is 9.52. The third-order valence-electron chi connectivity index (χ3n) is 6.08. The molecule has 2 bridgehead atoms. The Balaban J connectivity index is 1.90. The van der Waals surface area contributed by atoms with Gasteiger partial charge in [-0.15, -0.1) is 0 Å². The zero-order valence-corrected chi connectivity index (χ0v) is 12.4. The molecule has 3 atom stereocenters. The molecule has 0 unspecified atom stereocenters. The van der Waals surface area contributed by atoms with Gasteiger partial charge in [-0.25, -0.2) is 0 Å². The Hall–Kier alpha value is -0.530. The molecule has 1 saturated heterocycles. The van der Waals surface area contributed by atoms with Crippen LogP contribution in [0.3, 0.4) is 0 Å². The molecule has 0 N–H and O–H groups in total. The van der Waals surface area contributed by atoms with Crippen molar-refractivity contribution in [3.05, 3.63) is 34.3 Å². The van der Waals surface area contributed by atoms with Gasteiger partial charge in [-0.05, 0) is 68.5 Å². The van der Waals surface area contributed by atoms with Gasteiger partial charge in [-0.2, -0.15) is 0 Å². The highest BCUT2D eigenvalue weighted by Crippen LogP contribution is 2.55. The summed E-state index contributed by atoms with van der Waals surface area (Å²) in [6.45, 7) is 1.26. The van der Waals surface area contributed by atoms with Crippen LogP contribution in [0.25, 0.3) is 0 Å². The number of nitrogens with zero attached hydrogens (tertiary/aromatic N) is 1. The van der Waals surface area contributed by atoms with Gasteiger partial charge in [0.05, 0.1) is 0 Å². The number of rotatable bonds is 0. The predicted molar refractivity (Wildman–Crippen MR) is 79.8 cm³/mol. The van der Waals surface area contributed by atoms with Crippen LogP contribution in [0.4, 0.5) is 0 Å². The average Bonchev–Trinajstić information content (AvgIpc) is 2.43. The molecule has 0 spiro atoms. The van der Waals surface area contributed by atoms with E-state index in [0.29, 0.717) is 5.41 Å². The maximum atomic E-state index is 6.30. The van der Waals surface area contributed by atoms with Crippen molar-refractivity contribution in [3.8, 4) is 0 Å². The summed E-state index contributed by atoms with van der Waals surface area (Å²) >= 11 is 6.30. The van der Waals surface area contributed by atoms with Crippen LogP contribution < -0.4 is 0 Å². The average molecular weight is 276 g/mol. The standard InChI is InChI=1S/C17H22ClN/c1-19-9-8-17-7-3-2-4-14(17)16(19)10-12-5-6-13(18)11-15(12)17/h5-6,11,14,16H,2-4,7-10H2,1H3/t14-,16-,17-/m0/s1. The highest BCUT2D eigenvalue weighted by atomic mass is 35.5. The highest BCUT2D eigenvalue weighted by molar-refractivity contribution is 6.30. The van der Waals surface area contributed by atoms with E-state index in [0.717, 1.165) is 17.0 Å². The number of fused-ring (bicyclic) bond motifs is 1. The Kier molecular flexibility index (Phi) is 2.72. The molecule has 2 heteroatoms. The van der Waals surface area contributed by atoms with Gasteiger partial charge in [0, 0.05) is 16.5 Å². The van der Waals surface area contributed by atoms with Crippen molar-refractivity contribution in [2.75, 3.05) is 13.6 Å². The van der Waals surface area contributed by atoms with Gasteiger partial charge in [0.25, 0.3) is 0 Å². The van der Waals surface area contributed by atoms with Gasteiger partial charge in [0.15, 0.2) is 0 Å². The van der Waals surface area contributed by atoms with Crippen molar-refractivity contribution < 1.29 is 0 Å². The zero-order chi connectivity index (χ0) is 13.0. The normalized spacial score (nSPS) is 37.6. The van der Waals surface area contributed by atoms with Crippen LogP contribution in [0, 0.1) is 5.92 Å². The molecule has 4 rings (SSSR count). The van der Waals surface area contributed by atoms with Crippen LogP contribution in [0.1, 0.15) is 43.2 Å². The smallest absolute Gasteiger partial charge is 0.0409 e. The van der Waals surface area contributed by atoms with Crippen LogP contribution in [-0.4, -0.2) is 24.5 Å².